The molecule has 3 heteroatoms. The van der Waals surface area contributed by atoms with E-state index in [4.69, 9.17) is 0 Å². The lowest BCUT2D eigenvalue weighted by atomic mass is 9.97. The minimum Gasteiger partial charge on any atom is -0.393 e. The standard InChI is InChI=1S/C14H31NOS/c1-14(2,3)12-15-10-7-5-6-8-13(16)9-11-17-4/h13,15-16H,5-12H2,1-4H3/t13-/m0/s1. The Morgan fingerprint density at radius 3 is 2.41 bits per heavy atom. The first-order chi connectivity index (χ1) is 7.95. The van der Waals surface area contributed by atoms with Crippen molar-refractivity contribution in [2.45, 2.75) is 59.0 Å². The molecule has 2 nitrogen and oxygen atoms in total. The van der Waals surface area contributed by atoms with Gasteiger partial charge in [0.1, 0.15) is 0 Å². The third-order valence-electron chi connectivity index (χ3n) is 2.70. The summed E-state index contributed by atoms with van der Waals surface area (Å²) < 4.78 is 0. The first kappa shape index (κ1) is 17.3. The van der Waals surface area contributed by atoms with E-state index in [1.54, 1.807) is 0 Å². The van der Waals surface area contributed by atoms with E-state index in [1.807, 2.05) is 11.8 Å². The predicted molar refractivity (Wildman–Crippen MR) is 79.8 cm³/mol. The summed E-state index contributed by atoms with van der Waals surface area (Å²) in [6.07, 6.45) is 7.55. The molecule has 104 valence electrons. The number of nitrogens with one attached hydrogen (secondary N) is 1. The van der Waals surface area contributed by atoms with Crippen molar-refractivity contribution >= 4 is 11.8 Å². The van der Waals surface area contributed by atoms with Crippen LogP contribution in [0.1, 0.15) is 52.9 Å². The van der Waals surface area contributed by atoms with Gasteiger partial charge in [0.05, 0.1) is 6.10 Å². The van der Waals surface area contributed by atoms with Crippen molar-refractivity contribution in [3.63, 3.8) is 0 Å². The van der Waals surface area contributed by atoms with Gasteiger partial charge in [-0.3, -0.25) is 0 Å². The van der Waals surface area contributed by atoms with Crippen molar-refractivity contribution in [1.29, 1.82) is 0 Å². The van der Waals surface area contributed by atoms with E-state index < -0.39 is 0 Å². The molecule has 0 bridgehead atoms. The summed E-state index contributed by atoms with van der Waals surface area (Å²) in [6, 6.07) is 0. The summed E-state index contributed by atoms with van der Waals surface area (Å²) in [7, 11) is 0. The Bertz CT molecular complexity index is 168. The maximum absolute atomic E-state index is 9.66. The minimum atomic E-state index is -0.0787. The molecule has 0 fully saturated rings. The second-order valence-corrected chi connectivity index (χ2v) is 7.01. The molecule has 0 unspecified atom stereocenters. The number of aliphatic hydroxyl groups is 1. The molecule has 17 heavy (non-hydrogen) atoms. The highest BCUT2D eigenvalue weighted by molar-refractivity contribution is 7.98. The van der Waals surface area contributed by atoms with E-state index >= 15 is 0 Å². The monoisotopic (exact) mass is 261 g/mol. The molecular formula is C14H31NOS. The second-order valence-electron chi connectivity index (χ2n) is 6.02. The molecule has 0 amide bonds. The Kier molecular flexibility index (Phi) is 10.4. The molecule has 0 rings (SSSR count). The van der Waals surface area contributed by atoms with Crippen LogP contribution in [0.5, 0.6) is 0 Å². The van der Waals surface area contributed by atoms with Crippen LogP contribution in [0.25, 0.3) is 0 Å². The van der Waals surface area contributed by atoms with Crippen LogP contribution < -0.4 is 5.32 Å². The molecule has 0 saturated carbocycles. The number of rotatable bonds is 10. The van der Waals surface area contributed by atoms with Gasteiger partial charge in [0.2, 0.25) is 0 Å². The molecule has 0 aliphatic rings. The van der Waals surface area contributed by atoms with Crippen LogP contribution in [0.3, 0.4) is 0 Å². The first-order valence-electron chi connectivity index (χ1n) is 6.83. The Morgan fingerprint density at radius 1 is 1.12 bits per heavy atom. The van der Waals surface area contributed by atoms with Crippen molar-refractivity contribution in [3.8, 4) is 0 Å². The van der Waals surface area contributed by atoms with Gasteiger partial charge < -0.3 is 10.4 Å². The van der Waals surface area contributed by atoms with E-state index in [9.17, 15) is 5.11 Å². The maximum Gasteiger partial charge on any atom is 0.0548 e. The molecule has 0 aromatic carbocycles. The van der Waals surface area contributed by atoms with Crippen LogP contribution in [-0.2, 0) is 0 Å². The molecule has 0 spiro atoms. The van der Waals surface area contributed by atoms with Crippen molar-refractivity contribution in [2.24, 2.45) is 5.41 Å². The highest BCUT2D eigenvalue weighted by Crippen LogP contribution is 2.11. The molecule has 0 saturated heterocycles. The highest BCUT2D eigenvalue weighted by atomic mass is 32.2. The summed E-state index contributed by atoms with van der Waals surface area (Å²) >= 11 is 1.81. The Labute approximate surface area is 112 Å². The predicted octanol–water partition coefficient (Wildman–Crippen LogP) is 3.30. The molecule has 0 aromatic rings. The quantitative estimate of drug-likeness (QED) is 0.592. The van der Waals surface area contributed by atoms with Crippen LogP contribution in [-0.4, -0.2) is 36.3 Å². The Balaban J connectivity index is 3.18. The lowest BCUT2D eigenvalue weighted by Crippen LogP contribution is -2.27. The highest BCUT2D eigenvalue weighted by Gasteiger charge is 2.08. The van der Waals surface area contributed by atoms with Gasteiger partial charge in [0.15, 0.2) is 0 Å². The normalized spacial score (nSPS) is 13.9. The summed E-state index contributed by atoms with van der Waals surface area (Å²) in [5.74, 6) is 1.08. The van der Waals surface area contributed by atoms with E-state index in [0.717, 1.165) is 38.1 Å². The summed E-state index contributed by atoms with van der Waals surface area (Å²) in [6.45, 7) is 8.95. The summed E-state index contributed by atoms with van der Waals surface area (Å²) in [5, 5.41) is 13.1. The summed E-state index contributed by atoms with van der Waals surface area (Å²) in [5.41, 5.74) is 0.383. The Hall–Kier alpha value is 0.270. The number of unbranched alkanes of at least 4 members (excludes halogenated alkanes) is 2. The van der Waals surface area contributed by atoms with Crippen LogP contribution >= 0.6 is 11.8 Å². The smallest absolute Gasteiger partial charge is 0.0548 e. The van der Waals surface area contributed by atoms with Gasteiger partial charge in [-0.25, -0.2) is 0 Å². The van der Waals surface area contributed by atoms with Crippen LogP contribution in [0, 0.1) is 5.41 Å². The van der Waals surface area contributed by atoms with Crippen molar-refractivity contribution in [2.75, 3.05) is 25.1 Å². The average molecular weight is 261 g/mol. The zero-order valence-corrected chi connectivity index (χ0v) is 12.9. The van der Waals surface area contributed by atoms with Crippen molar-refractivity contribution in [1.82, 2.24) is 5.32 Å². The topological polar surface area (TPSA) is 32.3 Å². The van der Waals surface area contributed by atoms with E-state index in [-0.39, 0.29) is 6.10 Å². The fraction of sp³-hybridized carbons (Fsp3) is 1.00. The average Bonchev–Trinajstić information content (AvgIpc) is 2.23. The SMILES string of the molecule is CSCC[C@@H](O)CCCCCNCC(C)(C)C. The molecule has 0 aromatic heterocycles. The van der Waals surface area contributed by atoms with E-state index in [0.29, 0.717) is 5.41 Å². The second kappa shape index (κ2) is 10.2. The van der Waals surface area contributed by atoms with Gasteiger partial charge in [-0.15, -0.1) is 0 Å². The zero-order valence-electron chi connectivity index (χ0n) is 12.1. The van der Waals surface area contributed by atoms with E-state index in [1.165, 1.54) is 12.8 Å². The first-order valence-corrected chi connectivity index (χ1v) is 8.23. The van der Waals surface area contributed by atoms with Gasteiger partial charge in [-0.1, -0.05) is 33.6 Å². The number of thioether (sulfide) groups is 1. The molecule has 0 heterocycles. The largest absolute Gasteiger partial charge is 0.393 e. The van der Waals surface area contributed by atoms with Gasteiger partial charge in [-0.05, 0) is 49.8 Å². The van der Waals surface area contributed by atoms with Gasteiger partial charge >= 0.3 is 0 Å². The molecule has 0 radical (unpaired) electrons. The summed E-state index contributed by atoms with van der Waals surface area (Å²) in [4.78, 5) is 0. The molecule has 0 aliphatic heterocycles. The van der Waals surface area contributed by atoms with Crippen LogP contribution in [0.15, 0.2) is 0 Å². The molecule has 2 N–H and O–H groups in total. The molecule has 0 aliphatic carbocycles. The minimum absolute atomic E-state index is 0.0787. The van der Waals surface area contributed by atoms with Crippen LogP contribution in [0.4, 0.5) is 0 Å². The number of hydrogen-bond donors (Lipinski definition) is 2. The third kappa shape index (κ3) is 14.2. The van der Waals surface area contributed by atoms with Crippen molar-refractivity contribution < 1.29 is 5.11 Å². The number of hydrogen-bond acceptors (Lipinski definition) is 3. The Morgan fingerprint density at radius 2 is 1.82 bits per heavy atom. The maximum atomic E-state index is 9.66. The molecule has 1 atom stereocenters. The van der Waals surface area contributed by atoms with Gasteiger partial charge in [0, 0.05) is 0 Å². The fourth-order valence-electron chi connectivity index (χ4n) is 1.67. The van der Waals surface area contributed by atoms with Gasteiger partial charge in [-0.2, -0.15) is 11.8 Å². The molecular weight excluding hydrogens is 230 g/mol. The van der Waals surface area contributed by atoms with Crippen LogP contribution in [0.2, 0.25) is 0 Å². The van der Waals surface area contributed by atoms with Crippen molar-refractivity contribution in [3.05, 3.63) is 0 Å². The lowest BCUT2D eigenvalue weighted by molar-refractivity contribution is 0.158. The number of aliphatic hydroxyl groups excluding tert-OH is 1. The van der Waals surface area contributed by atoms with Gasteiger partial charge in [0.25, 0.3) is 0 Å². The van der Waals surface area contributed by atoms with E-state index in [2.05, 4.69) is 32.3 Å². The zero-order chi connectivity index (χ0) is 13.1. The lowest BCUT2D eigenvalue weighted by Gasteiger charge is -2.18. The third-order valence-corrected chi connectivity index (χ3v) is 3.35. The fourth-order valence-corrected chi connectivity index (χ4v) is 2.18.